The van der Waals surface area contributed by atoms with Crippen molar-refractivity contribution in [2.45, 2.75) is 25.7 Å². The second-order valence-electron chi connectivity index (χ2n) is 5.63. The largest absolute Gasteiger partial charge is 0.330 e. The number of anilines is 1. The number of aromatic nitrogens is 1. The highest BCUT2D eigenvalue weighted by Crippen LogP contribution is 2.34. The smallest absolute Gasteiger partial charge is 0.142 e. The molecule has 0 saturated carbocycles. The quantitative estimate of drug-likeness (QED) is 0.613. The molecule has 1 aliphatic rings. The van der Waals surface area contributed by atoms with Crippen molar-refractivity contribution in [3.63, 3.8) is 0 Å². The van der Waals surface area contributed by atoms with E-state index in [9.17, 15) is 0 Å². The predicted molar refractivity (Wildman–Crippen MR) is 99.2 cm³/mol. The van der Waals surface area contributed by atoms with E-state index in [1.807, 2.05) is 6.20 Å². The van der Waals surface area contributed by atoms with Crippen molar-refractivity contribution in [3.8, 4) is 11.1 Å². The highest BCUT2D eigenvalue weighted by molar-refractivity contribution is 14.2. The Labute approximate surface area is 136 Å². The molecule has 0 spiro atoms. The van der Waals surface area contributed by atoms with Gasteiger partial charge in [-0.05, 0) is 54.2 Å². The molecule has 0 radical (unpaired) electrons. The maximum Gasteiger partial charge on any atom is 0.142 e. The first kappa shape index (κ1) is 14.7. The van der Waals surface area contributed by atoms with Crippen LogP contribution in [0.4, 0.5) is 5.82 Å². The zero-order chi connectivity index (χ0) is 14.9. The van der Waals surface area contributed by atoms with Crippen LogP contribution in [0.5, 0.6) is 0 Å². The van der Waals surface area contributed by atoms with Gasteiger partial charge >= 0.3 is 0 Å². The molecular weight excluding hydrogens is 373 g/mol. The lowest BCUT2D eigenvalue weighted by molar-refractivity contribution is 0.467. The predicted octanol–water partition coefficient (Wildman–Crippen LogP) is 3.84. The van der Waals surface area contributed by atoms with Crippen molar-refractivity contribution < 1.29 is 0 Å². The Morgan fingerprint density at radius 1 is 1.33 bits per heavy atom. The second kappa shape index (κ2) is 5.85. The third-order valence-electron chi connectivity index (χ3n) is 4.40. The molecule has 3 rings (SSSR count). The minimum absolute atomic E-state index is 0.0428. The fourth-order valence-corrected chi connectivity index (χ4v) is 4.40. The third-order valence-corrected chi connectivity index (χ3v) is 6.16. The van der Waals surface area contributed by atoms with Crippen molar-refractivity contribution in [3.05, 3.63) is 47.7 Å². The Bertz CT molecular complexity index is 690. The molecule has 1 atom stereocenters. The van der Waals surface area contributed by atoms with Gasteiger partial charge in [0.05, 0.1) is 0 Å². The molecule has 21 heavy (non-hydrogen) atoms. The number of rotatable bonds is 4. The maximum absolute atomic E-state index is 6.01. The molecule has 3 nitrogen and oxygen atoms in total. The van der Waals surface area contributed by atoms with Crippen molar-refractivity contribution in [2.24, 2.45) is 5.73 Å². The summed E-state index contributed by atoms with van der Waals surface area (Å²) in [6, 6.07) is 10.9. The summed E-state index contributed by atoms with van der Waals surface area (Å²) in [5.74, 6) is 1.03. The zero-order valence-electron chi connectivity index (χ0n) is 12.4. The number of fused-ring (bicyclic) bond motifs is 1. The number of nitrogens with zero attached hydrogens (tertiary/aromatic N) is 1. The van der Waals surface area contributed by atoms with Gasteiger partial charge in [-0.3, -0.25) is 0 Å². The van der Waals surface area contributed by atoms with Gasteiger partial charge < -0.3 is 9.26 Å². The first-order valence-electron chi connectivity index (χ1n) is 7.19. The van der Waals surface area contributed by atoms with Crippen molar-refractivity contribution in [1.82, 2.24) is 4.98 Å². The van der Waals surface area contributed by atoms with Crippen LogP contribution in [0.25, 0.3) is 11.1 Å². The van der Waals surface area contributed by atoms with Gasteiger partial charge in [-0.2, -0.15) is 0 Å². The number of hydrogen-bond acceptors (Lipinski definition) is 3. The van der Waals surface area contributed by atoms with E-state index in [2.05, 4.69) is 56.7 Å². The fraction of sp³-hybridized carbons (Fsp3) is 0.294. The minimum atomic E-state index is -0.0912. The average Bonchev–Trinajstić information content (AvgIpc) is 3.02. The van der Waals surface area contributed by atoms with E-state index in [-0.39, 0.29) is 26.4 Å². The van der Waals surface area contributed by atoms with Crippen LogP contribution in [0, 0.1) is 0 Å². The topological polar surface area (TPSA) is 50.9 Å². The minimum Gasteiger partial charge on any atom is -0.330 e. The number of pyridine rings is 1. The Morgan fingerprint density at radius 2 is 2.19 bits per heavy atom. The van der Waals surface area contributed by atoms with E-state index >= 15 is 0 Å². The zero-order valence-corrected chi connectivity index (χ0v) is 14.5. The molecule has 0 bridgehead atoms. The summed E-state index contributed by atoms with van der Waals surface area (Å²) in [5, 5.41) is 0. The number of halogens is 1. The highest BCUT2D eigenvalue weighted by atomic mass is 127. The van der Waals surface area contributed by atoms with Crippen molar-refractivity contribution in [2.75, 3.05) is 10.1 Å². The van der Waals surface area contributed by atoms with Gasteiger partial charge in [0, 0.05) is 23.7 Å². The Morgan fingerprint density at radius 3 is 2.95 bits per heavy atom. The summed E-state index contributed by atoms with van der Waals surface area (Å²) in [7, 11) is 0. The molecule has 0 unspecified atom stereocenters. The standard InChI is InChI=1S/C17H20IN3/c1-3-17(2,11-19)13-6-4-5-12(9-13)14-7-8-20-16-15(14)10-18-21-16/h4-10H,3,11,19H2,1-2H3,(H,20,21)/t17-/m1/s1. The monoisotopic (exact) mass is 393 g/mol. The van der Waals surface area contributed by atoms with E-state index < -0.39 is 0 Å². The van der Waals surface area contributed by atoms with E-state index in [0.29, 0.717) is 6.54 Å². The molecule has 0 amide bonds. The van der Waals surface area contributed by atoms with Gasteiger partial charge in [0.2, 0.25) is 0 Å². The summed E-state index contributed by atoms with van der Waals surface area (Å²) < 4.78 is 5.71. The number of benzene rings is 1. The van der Waals surface area contributed by atoms with Crippen LogP contribution in [-0.2, 0) is 5.41 Å². The summed E-state index contributed by atoms with van der Waals surface area (Å²) in [5.41, 5.74) is 11.1. The molecule has 2 aromatic rings. The van der Waals surface area contributed by atoms with Gasteiger partial charge in [0.1, 0.15) is 5.82 Å². The summed E-state index contributed by atoms with van der Waals surface area (Å²) >= 11 is -0.0912. The van der Waals surface area contributed by atoms with Gasteiger partial charge in [0.15, 0.2) is 0 Å². The lowest BCUT2D eigenvalue weighted by Gasteiger charge is -2.27. The first-order chi connectivity index (χ1) is 10.2. The highest BCUT2D eigenvalue weighted by Gasteiger charge is 2.23. The van der Waals surface area contributed by atoms with Crippen LogP contribution in [0.15, 0.2) is 36.5 Å². The molecular formula is C17H20IN3. The Balaban J connectivity index is 2.09. The molecule has 3 N–H and O–H groups in total. The summed E-state index contributed by atoms with van der Waals surface area (Å²) in [6.07, 6.45) is 2.93. The van der Waals surface area contributed by atoms with Crippen LogP contribution < -0.4 is 9.26 Å². The van der Waals surface area contributed by atoms with Gasteiger partial charge in [0.25, 0.3) is 0 Å². The normalized spacial score (nSPS) is 15.8. The summed E-state index contributed by atoms with van der Waals surface area (Å²) in [4.78, 5) is 4.41. The van der Waals surface area contributed by atoms with Gasteiger partial charge in [-0.15, -0.1) is 0 Å². The molecule has 110 valence electrons. The SMILES string of the molecule is CC[C@](C)(CN)c1cccc(-c2ccnc3c2C=IN3)c1. The fourth-order valence-electron chi connectivity index (χ4n) is 2.57. The second-order valence-corrected chi connectivity index (χ2v) is 7.42. The average molecular weight is 393 g/mol. The molecule has 1 aromatic carbocycles. The first-order valence-corrected chi connectivity index (χ1v) is 9.52. The number of nitrogens with one attached hydrogen (secondary N) is 1. The Kier molecular flexibility index (Phi) is 4.08. The molecule has 1 aliphatic heterocycles. The third kappa shape index (κ3) is 2.62. The Hall–Kier alpha value is -1.27. The maximum atomic E-state index is 6.01. The molecule has 0 fully saturated rings. The molecule has 4 heteroatoms. The van der Waals surface area contributed by atoms with Crippen LogP contribution in [-0.4, -0.2) is 15.5 Å². The van der Waals surface area contributed by atoms with E-state index in [4.69, 9.17) is 5.73 Å². The van der Waals surface area contributed by atoms with Gasteiger partial charge in [-0.1, -0.05) is 38.1 Å². The number of nitrogens with two attached hydrogens (primary N) is 1. The molecule has 1 aromatic heterocycles. The lowest BCUT2D eigenvalue weighted by atomic mass is 9.79. The summed E-state index contributed by atoms with van der Waals surface area (Å²) in [6.45, 7) is 5.11. The van der Waals surface area contributed by atoms with E-state index in [0.717, 1.165) is 12.2 Å². The van der Waals surface area contributed by atoms with Crippen LogP contribution in [0.3, 0.4) is 0 Å². The van der Waals surface area contributed by atoms with E-state index in [1.54, 1.807) is 0 Å². The molecule has 0 aliphatic carbocycles. The van der Waals surface area contributed by atoms with Crippen LogP contribution in [0.1, 0.15) is 31.4 Å². The van der Waals surface area contributed by atoms with E-state index in [1.165, 1.54) is 22.3 Å². The lowest BCUT2D eigenvalue weighted by Crippen LogP contribution is -2.30. The van der Waals surface area contributed by atoms with Gasteiger partial charge in [-0.25, -0.2) is 4.98 Å². The van der Waals surface area contributed by atoms with Crippen LogP contribution >= 0.6 is 21.0 Å². The van der Waals surface area contributed by atoms with Crippen LogP contribution in [0.2, 0.25) is 0 Å². The number of hydrogen-bond donors (Lipinski definition) is 2. The molecule has 2 heterocycles. The molecule has 0 saturated heterocycles. The van der Waals surface area contributed by atoms with Crippen molar-refractivity contribution >= 4 is 30.8 Å². The van der Waals surface area contributed by atoms with Crippen molar-refractivity contribution in [1.29, 1.82) is 0 Å².